The van der Waals surface area contributed by atoms with Crippen LogP contribution in [-0.4, -0.2) is 4.57 Å². The lowest BCUT2D eigenvalue weighted by Crippen LogP contribution is -2.11. The van der Waals surface area contributed by atoms with E-state index in [1.54, 1.807) is 0 Å². The van der Waals surface area contributed by atoms with Gasteiger partial charge in [-0.15, -0.1) is 0 Å². The molecule has 0 radical (unpaired) electrons. The molecule has 0 bridgehead atoms. The molecule has 0 atom stereocenters. The summed E-state index contributed by atoms with van der Waals surface area (Å²) >= 11 is 0. The van der Waals surface area contributed by atoms with Gasteiger partial charge in [0.1, 0.15) is 0 Å². The Labute approximate surface area is 386 Å². The molecule has 0 unspecified atom stereocenters. The molecule has 0 saturated heterocycles. The molecule has 0 aliphatic heterocycles. The first-order valence-corrected chi connectivity index (χ1v) is 22.7. The first-order chi connectivity index (χ1) is 32.7. The molecule has 3 nitrogen and oxygen atoms in total. The van der Waals surface area contributed by atoms with Crippen LogP contribution in [0.15, 0.2) is 255 Å². The molecule has 0 amide bonds. The summed E-state index contributed by atoms with van der Waals surface area (Å²) < 4.78 is 2.37. The quantitative estimate of drug-likeness (QED) is 0.143. The number of fused-ring (bicyclic) bond motifs is 6. The molecule has 0 saturated carbocycles. The monoisotopic (exact) mass is 843 g/mol. The van der Waals surface area contributed by atoms with Gasteiger partial charge >= 0.3 is 0 Å². The van der Waals surface area contributed by atoms with Gasteiger partial charge in [0.05, 0.1) is 11.0 Å². The van der Waals surface area contributed by atoms with Gasteiger partial charge in [0.15, 0.2) is 0 Å². The lowest BCUT2D eigenvalue weighted by Gasteiger charge is -2.29. The Bertz CT molecular complexity index is 3540. The summed E-state index contributed by atoms with van der Waals surface area (Å²) in [6, 6.07) is 92.1. The van der Waals surface area contributed by atoms with Crippen molar-refractivity contribution in [3.63, 3.8) is 0 Å². The predicted molar refractivity (Wildman–Crippen MR) is 279 cm³/mol. The third-order valence-electron chi connectivity index (χ3n) is 13.0. The fourth-order valence-electron chi connectivity index (χ4n) is 9.92. The van der Waals surface area contributed by atoms with Crippen molar-refractivity contribution < 1.29 is 0 Å². The van der Waals surface area contributed by atoms with Crippen molar-refractivity contribution in [2.75, 3.05) is 9.80 Å². The van der Waals surface area contributed by atoms with E-state index in [4.69, 9.17) is 0 Å². The normalized spacial score (nSPS) is 12.5. The Hall–Kier alpha value is -8.66. The number of aromatic nitrogens is 1. The number of anilines is 6. The van der Waals surface area contributed by atoms with Crippen molar-refractivity contribution in [1.82, 2.24) is 4.57 Å². The van der Waals surface area contributed by atoms with Crippen LogP contribution in [0.5, 0.6) is 0 Å². The molecule has 66 heavy (non-hydrogen) atoms. The van der Waals surface area contributed by atoms with E-state index in [1.165, 1.54) is 55.2 Å². The zero-order valence-electron chi connectivity index (χ0n) is 36.4. The molecule has 0 fully saturated rings. The van der Waals surface area contributed by atoms with Crippen LogP contribution in [0.3, 0.4) is 0 Å². The fraction of sp³-hybridized carbons (Fsp3) is 0.0159. The number of allylic oxidation sites excluding steroid dienone is 1. The smallest absolute Gasteiger partial charge is 0.0542 e. The lowest BCUT2D eigenvalue weighted by molar-refractivity contribution is 1.18. The first kappa shape index (κ1) is 39.0. The zero-order chi connectivity index (χ0) is 43.8. The summed E-state index contributed by atoms with van der Waals surface area (Å²) in [5, 5.41) is 2.45. The van der Waals surface area contributed by atoms with Crippen LogP contribution in [0, 0.1) is 0 Å². The number of hydrogen-bond donors (Lipinski definition) is 0. The number of rotatable bonds is 9. The molecule has 312 valence electrons. The van der Waals surface area contributed by atoms with Gasteiger partial charge in [-0.2, -0.15) is 0 Å². The Kier molecular flexibility index (Phi) is 9.92. The van der Waals surface area contributed by atoms with Crippen LogP contribution in [0.2, 0.25) is 0 Å². The maximum Gasteiger partial charge on any atom is 0.0542 e. The lowest BCUT2D eigenvalue weighted by atomic mass is 9.81. The third kappa shape index (κ3) is 7.13. The molecule has 12 rings (SSSR count). The van der Waals surface area contributed by atoms with E-state index in [1.807, 2.05) is 0 Å². The molecule has 3 heteroatoms. The first-order valence-electron chi connectivity index (χ1n) is 22.7. The molecule has 1 heterocycles. The van der Waals surface area contributed by atoms with Crippen molar-refractivity contribution in [2.24, 2.45) is 0 Å². The molecule has 0 N–H and O–H groups in total. The molecular formula is C63H45N3. The second-order valence-electron chi connectivity index (χ2n) is 17.0. The average Bonchev–Trinajstić information content (AvgIpc) is 3.72. The van der Waals surface area contributed by atoms with Crippen LogP contribution in [0.25, 0.3) is 61.4 Å². The van der Waals surface area contributed by atoms with Crippen LogP contribution in [0.1, 0.15) is 16.7 Å². The van der Waals surface area contributed by atoms with Gasteiger partial charge in [0, 0.05) is 50.6 Å². The van der Waals surface area contributed by atoms with E-state index in [9.17, 15) is 0 Å². The van der Waals surface area contributed by atoms with Gasteiger partial charge in [-0.1, -0.05) is 164 Å². The minimum absolute atomic E-state index is 0.904. The topological polar surface area (TPSA) is 11.4 Å². The standard InChI is InChI=1S/C63H45N3/c1-5-18-45(19-6-1)40-49-41-48-20-13-14-29-57(48)60-43-55(36-38-58(49)60)64(50-22-7-2-8-23-50)53-34-32-46(33-35-53)47-21-17-28-54(42-47)65(51-24-9-3-10-25-51)56-37-39-63-61(44-56)59-30-15-16-31-62(59)66(63)52-26-11-4-12-27-52/h1-40,42-44H,41H2/b49-40-. The number of para-hydroxylation sites is 4. The molecular weight excluding hydrogens is 799 g/mol. The van der Waals surface area contributed by atoms with Crippen molar-refractivity contribution >= 4 is 67.6 Å². The molecule has 10 aromatic carbocycles. The summed E-state index contributed by atoms with van der Waals surface area (Å²) in [5.74, 6) is 0. The van der Waals surface area contributed by atoms with Crippen LogP contribution in [-0.2, 0) is 6.42 Å². The third-order valence-corrected chi connectivity index (χ3v) is 13.0. The second-order valence-corrected chi connectivity index (χ2v) is 17.0. The van der Waals surface area contributed by atoms with Crippen molar-refractivity contribution in [2.45, 2.75) is 6.42 Å². The predicted octanol–water partition coefficient (Wildman–Crippen LogP) is 17.2. The highest BCUT2D eigenvalue weighted by Crippen LogP contribution is 2.45. The minimum Gasteiger partial charge on any atom is -0.310 e. The maximum absolute atomic E-state index is 2.38. The molecule has 0 spiro atoms. The Morgan fingerprint density at radius 2 is 0.879 bits per heavy atom. The van der Waals surface area contributed by atoms with Gasteiger partial charge in [0.25, 0.3) is 0 Å². The van der Waals surface area contributed by atoms with Crippen LogP contribution >= 0.6 is 0 Å². The van der Waals surface area contributed by atoms with Gasteiger partial charge < -0.3 is 14.4 Å². The SMILES string of the molecule is C(=C1\Cc2ccccc2-c2cc(N(c3ccccc3)c3ccc(-c4cccc(N(c5ccccc5)c5ccc6c(c5)c5ccccc5n6-c5ccccc5)c4)cc3)ccc21)/c1ccccc1. The number of nitrogens with zero attached hydrogens (tertiary/aromatic N) is 3. The molecule has 11 aromatic rings. The van der Waals surface area contributed by atoms with Gasteiger partial charge in [-0.3, -0.25) is 0 Å². The van der Waals surface area contributed by atoms with E-state index in [0.29, 0.717) is 0 Å². The summed E-state index contributed by atoms with van der Waals surface area (Å²) in [4.78, 5) is 4.75. The van der Waals surface area contributed by atoms with E-state index < -0.39 is 0 Å². The fourth-order valence-corrected chi connectivity index (χ4v) is 9.92. The van der Waals surface area contributed by atoms with Crippen LogP contribution in [0.4, 0.5) is 34.1 Å². The van der Waals surface area contributed by atoms with Gasteiger partial charge in [0.2, 0.25) is 0 Å². The summed E-state index contributed by atoms with van der Waals surface area (Å²) in [7, 11) is 0. The van der Waals surface area contributed by atoms with Gasteiger partial charge in [-0.25, -0.2) is 0 Å². The van der Waals surface area contributed by atoms with E-state index in [2.05, 4.69) is 275 Å². The largest absolute Gasteiger partial charge is 0.310 e. The highest BCUT2D eigenvalue weighted by atomic mass is 15.1. The highest BCUT2D eigenvalue weighted by Gasteiger charge is 2.23. The van der Waals surface area contributed by atoms with Crippen molar-refractivity contribution in [3.05, 3.63) is 271 Å². The van der Waals surface area contributed by atoms with Gasteiger partial charge in [-0.05, 0) is 148 Å². The summed E-state index contributed by atoms with van der Waals surface area (Å²) in [5.41, 5.74) is 20.2. The molecule has 1 aromatic heterocycles. The highest BCUT2D eigenvalue weighted by molar-refractivity contribution is 6.10. The average molecular weight is 844 g/mol. The minimum atomic E-state index is 0.904. The van der Waals surface area contributed by atoms with E-state index in [0.717, 1.165) is 57.4 Å². The maximum atomic E-state index is 2.38. The molecule has 1 aliphatic carbocycles. The summed E-state index contributed by atoms with van der Waals surface area (Å²) in [6.45, 7) is 0. The van der Waals surface area contributed by atoms with E-state index >= 15 is 0 Å². The van der Waals surface area contributed by atoms with Crippen LogP contribution < -0.4 is 9.80 Å². The Balaban J connectivity index is 0.924. The van der Waals surface area contributed by atoms with Crippen molar-refractivity contribution in [1.29, 1.82) is 0 Å². The number of benzene rings is 10. The summed E-state index contributed by atoms with van der Waals surface area (Å²) in [6.07, 6.45) is 3.25. The van der Waals surface area contributed by atoms with E-state index in [-0.39, 0.29) is 0 Å². The zero-order valence-corrected chi connectivity index (χ0v) is 36.4. The Morgan fingerprint density at radius 3 is 1.64 bits per heavy atom. The second kappa shape index (κ2) is 16.8. The number of hydrogen-bond acceptors (Lipinski definition) is 2. The van der Waals surface area contributed by atoms with Crippen molar-refractivity contribution in [3.8, 4) is 27.9 Å². The Morgan fingerprint density at radius 1 is 0.333 bits per heavy atom. The molecule has 1 aliphatic rings.